The van der Waals surface area contributed by atoms with Crippen molar-refractivity contribution >= 4 is 5.97 Å². The van der Waals surface area contributed by atoms with Gasteiger partial charge in [-0.1, -0.05) is 23.4 Å². The maximum Gasteiger partial charge on any atom is 0.304 e. The Balaban J connectivity index is 1.58. The lowest BCUT2D eigenvalue weighted by molar-refractivity contribution is -0.136. The van der Waals surface area contributed by atoms with Gasteiger partial charge in [0.05, 0.1) is 18.1 Å². The number of ether oxygens (including phenoxy) is 1. The van der Waals surface area contributed by atoms with Crippen LogP contribution in [0.15, 0.2) is 40.9 Å². The minimum atomic E-state index is -0.813. The fourth-order valence-corrected chi connectivity index (χ4v) is 3.99. The van der Waals surface area contributed by atoms with Crippen LogP contribution in [0.5, 0.6) is 5.75 Å². The lowest BCUT2D eigenvalue weighted by atomic mass is 10.0. The summed E-state index contributed by atoms with van der Waals surface area (Å²) >= 11 is 0. The molecule has 0 unspecified atom stereocenters. The molecule has 0 bridgehead atoms. The molecule has 0 fully saturated rings. The Labute approximate surface area is 185 Å². The molecule has 1 atom stereocenters. The van der Waals surface area contributed by atoms with E-state index in [2.05, 4.69) is 27.6 Å². The number of carbonyl (C=O) groups is 1. The lowest BCUT2D eigenvalue weighted by Gasteiger charge is -2.13. The van der Waals surface area contributed by atoms with E-state index in [1.807, 2.05) is 26.0 Å². The molecule has 164 valence electrons. The van der Waals surface area contributed by atoms with Gasteiger partial charge in [0.15, 0.2) is 0 Å². The summed E-state index contributed by atoms with van der Waals surface area (Å²) in [5.74, 6) is 0.531. The molecule has 8 nitrogen and oxygen atoms in total. The molecule has 0 radical (unpaired) electrons. The number of hydrogen-bond donors (Lipinski definition) is 2. The minimum absolute atomic E-state index is 0.0365. The quantitative estimate of drug-likeness (QED) is 0.545. The molecule has 1 heterocycles. The number of nitriles is 1. The maximum absolute atomic E-state index is 10.8. The van der Waals surface area contributed by atoms with Crippen molar-refractivity contribution in [3.63, 3.8) is 0 Å². The average Bonchev–Trinajstić information content (AvgIpc) is 3.41. The van der Waals surface area contributed by atoms with Crippen LogP contribution in [-0.2, 0) is 11.2 Å². The van der Waals surface area contributed by atoms with Crippen LogP contribution in [0.4, 0.5) is 0 Å². The van der Waals surface area contributed by atoms with E-state index in [9.17, 15) is 10.1 Å². The van der Waals surface area contributed by atoms with E-state index in [0.29, 0.717) is 35.1 Å². The largest absolute Gasteiger partial charge is 0.490 e. The number of fused-ring (bicyclic) bond motifs is 1. The molecule has 1 aliphatic carbocycles. The van der Waals surface area contributed by atoms with Gasteiger partial charge in [-0.05, 0) is 56.0 Å². The molecule has 2 aromatic carbocycles. The van der Waals surface area contributed by atoms with E-state index in [4.69, 9.17) is 14.4 Å². The summed E-state index contributed by atoms with van der Waals surface area (Å²) in [4.78, 5) is 15.4. The fraction of sp³-hybridized carbons (Fsp3) is 0.333. The van der Waals surface area contributed by atoms with Crippen molar-refractivity contribution in [1.29, 1.82) is 5.26 Å². The molecule has 4 rings (SSSR count). The first-order valence-corrected chi connectivity index (χ1v) is 10.6. The highest BCUT2D eigenvalue weighted by atomic mass is 16.5. The van der Waals surface area contributed by atoms with Crippen molar-refractivity contribution < 1.29 is 19.2 Å². The van der Waals surface area contributed by atoms with Crippen molar-refractivity contribution in [3.05, 3.63) is 53.1 Å². The summed E-state index contributed by atoms with van der Waals surface area (Å²) in [7, 11) is 0. The third-order valence-corrected chi connectivity index (χ3v) is 5.38. The topological polar surface area (TPSA) is 121 Å². The van der Waals surface area contributed by atoms with Gasteiger partial charge < -0.3 is 19.7 Å². The summed E-state index contributed by atoms with van der Waals surface area (Å²) in [6.07, 6.45) is 1.79. The van der Waals surface area contributed by atoms with Crippen LogP contribution < -0.4 is 10.1 Å². The number of carboxylic acids is 1. The van der Waals surface area contributed by atoms with Gasteiger partial charge in [-0.25, -0.2) is 0 Å². The van der Waals surface area contributed by atoms with Crippen LogP contribution in [0.1, 0.15) is 49.4 Å². The number of aliphatic carboxylic acids is 1. The molecule has 1 aliphatic rings. The van der Waals surface area contributed by atoms with Gasteiger partial charge in [-0.3, -0.25) is 4.79 Å². The highest BCUT2D eigenvalue weighted by Gasteiger charge is 2.26. The average molecular weight is 432 g/mol. The second-order valence-corrected chi connectivity index (χ2v) is 7.97. The number of aromatic nitrogens is 2. The lowest BCUT2D eigenvalue weighted by Crippen LogP contribution is -2.22. The van der Waals surface area contributed by atoms with E-state index in [0.717, 1.165) is 29.5 Å². The van der Waals surface area contributed by atoms with Crippen molar-refractivity contribution in [2.45, 2.75) is 45.3 Å². The maximum atomic E-state index is 10.8. The van der Waals surface area contributed by atoms with Gasteiger partial charge in [-0.2, -0.15) is 10.2 Å². The van der Waals surface area contributed by atoms with Crippen molar-refractivity contribution in [2.75, 3.05) is 6.54 Å². The smallest absolute Gasteiger partial charge is 0.304 e. The normalized spacial score (nSPS) is 14.9. The van der Waals surface area contributed by atoms with Crippen LogP contribution >= 0.6 is 0 Å². The number of hydrogen-bond acceptors (Lipinski definition) is 7. The molecule has 8 heteroatoms. The number of rotatable bonds is 8. The summed E-state index contributed by atoms with van der Waals surface area (Å²) in [5, 5.41) is 25.8. The van der Waals surface area contributed by atoms with Crippen molar-refractivity contribution in [1.82, 2.24) is 15.5 Å². The molecule has 0 amide bonds. The van der Waals surface area contributed by atoms with E-state index >= 15 is 0 Å². The Morgan fingerprint density at radius 1 is 1.38 bits per heavy atom. The molecule has 3 aromatic rings. The zero-order valence-corrected chi connectivity index (χ0v) is 18.0. The van der Waals surface area contributed by atoms with E-state index in [1.165, 1.54) is 0 Å². The van der Waals surface area contributed by atoms with E-state index in [-0.39, 0.29) is 18.6 Å². The summed E-state index contributed by atoms with van der Waals surface area (Å²) in [5.41, 5.74) is 4.25. The predicted molar refractivity (Wildman–Crippen MR) is 117 cm³/mol. The van der Waals surface area contributed by atoms with Gasteiger partial charge in [0, 0.05) is 23.7 Å². The van der Waals surface area contributed by atoms with Crippen LogP contribution in [-0.4, -0.2) is 33.9 Å². The molecule has 32 heavy (non-hydrogen) atoms. The first-order chi connectivity index (χ1) is 15.5. The van der Waals surface area contributed by atoms with Gasteiger partial charge in [0.1, 0.15) is 11.8 Å². The highest BCUT2D eigenvalue weighted by Crippen LogP contribution is 2.37. The Morgan fingerprint density at radius 2 is 2.22 bits per heavy atom. The van der Waals surface area contributed by atoms with Crippen LogP contribution in [0.3, 0.4) is 0 Å². The SMILES string of the molecule is CC(C)Oc1ccc(-c2nc(-c3cccc4c3CC[C@@H]4NCCC(=O)O)no2)cc1C#N. The number of carboxylic acid groups (broad SMARTS) is 1. The first kappa shape index (κ1) is 21.5. The summed E-state index contributed by atoms with van der Waals surface area (Å²) < 4.78 is 11.2. The van der Waals surface area contributed by atoms with Crippen LogP contribution in [0.25, 0.3) is 22.8 Å². The molecule has 2 N–H and O–H groups in total. The Hall–Kier alpha value is -3.70. The van der Waals surface area contributed by atoms with Crippen molar-refractivity contribution in [3.8, 4) is 34.7 Å². The molecule has 0 saturated carbocycles. The minimum Gasteiger partial charge on any atom is -0.490 e. The molecule has 0 saturated heterocycles. The van der Waals surface area contributed by atoms with Gasteiger partial charge in [0.2, 0.25) is 5.82 Å². The predicted octanol–water partition coefficient (Wildman–Crippen LogP) is 4.11. The van der Waals surface area contributed by atoms with Crippen LogP contribution in [0, 0.1) is 11.3 Å². The molecule has 0 spiro atoms. The molecule has 0 aliphatic heterocycles. The second kappa shape index (κ2) is 9.20. The fourth-order valence-electron chi connectivity index (χ4n) is 3.99. The summed E-state index contributed by atoms with van der Waals surface area (Å²) in [6.45, 7) is 4.24. The Morgan fingerprint density at radius 3 is 2.97 bits per heavy atom. The van der Waals surface area contributed by atoms with E-state index < -0.39 is 5.97 Å². The number of nitrogens with zero attached hydrogens (tertiary/aromatic N) is 3. The van der Waals surface area contributed by atoms with E-state index in [1.54, 1.807) is 18.2 Å². The first-order valence-electron chi connectivity index (χ1n) is 10.6. The van der Waals surface area contributed by atoms with Gasteiger partial charge in [0.25, 0.3) is 5.89 Å². The van der Waals surface area contributed by atoms with Crippen LogP contribution in [0.2, 0.25) is 0 Å². The second-order valence-electron chi connectivity index (χ2n) is 7.97. The molecule has 1 aromatic heterocycles. The number of nitrogens with one attached hydrogen (secondary N) is 1. The Bertz CT molecular complexity index is 1180. The monoisotopic (exact) mass is 432 g/mol. The zero-order valence-electron chi connectivity index (χ0n) is 18.0. The van der Waals surface area contributed by atoms with Gasteiger partial charge in [-0.15, -0.1) is 0 Å². The third kappa shape index (κ3) is 4.48. The zero-order chi connectivity index (χ0) is 22.7. The highest BCUT2D eigenvalue weighted by molar-refractivity contribution is 5.68. The van der Waals surface area contributed by atoms with Crippen molar-refractivity contribution in [2.24, 2.45) is 0 Å². The standard InChI is InChI=1S/C24H24N4O4/c1-14(2)31-21-9-6-15(12-16(21)13-25)24-27-23(28-32-24)19-5-3-4-18-17(19)7-8-20(18)26-11-10-22(29)30/h3-6,9,12,14,20,26H,7-8,10-11H2,1-2H3,(H,29,30)/t20-/m0/s1. The third-order valence-electron chi connectivity index (χ3n) is 5.38. The van der Waals surface area contributed by atoms with Gasteiger partial charge >= 0.3 is 5.97 Å². The molecular formula is C24H24N4O4. The molecular weight excluding hydrogens is 408 g/mol. The summed E-state index contributed by atoms with van der Waals surface area (Å²) in [6, 6.07) is 13.5. The number of benzene rings is 2. The Kier molecular flexibility index (Phi) is 6.19.